The summed E-state index contributed by atoms with van der Waals surface area (Å²) in [7, 11) is 0. The van der Waals surface area contributed by atoms with Crippen molar-refractivity contribution < 1.29 is 14.2 Å². The lowest BCUT2D eigenvalue weighted by Gasteiger charge is -2.41. The predicted molar refractivity (Wildman–Crippen MR) is 101 cm³/mol. The molecule has 6 nitrogen and oxygen atoms in total. The zero-order valence-electron chi connectivity index (χ0n) is 14.3. The average molecular weight is 363 g/mol. The lowest BCUT2D eigenvalue weighted by Crippen LogP contribution is -2.23. The van der Waals surface area contributed by atoms with Crippen LogP contribution in [0.15, 0.2) is 54.1 Å². The summed E-state index contributed by atoms with van der Waals surface area (Å²) in [5, 5.41) is 18.2. The van der Waals surface area contributed by atoms with Crippen molar-refractivity contribution in [3.8, 4) is 46.6 Å². The average Bonchev–Trinajstić information content (AvgIpc) is 2.72. The number of allylic oxidation sites excluding steroid dienone is 1. The first-order valence-electron chi connectivity index (χ1n) is 8.56. The van der Waals surface area contributed by atoms with Gasteiger partial charge in [0.25, 0.3) is 0 Å². The Morgan fingerprint density at radius 2 is 1.14 bits per heavy atom. The van der Waals surface area contributed by atoms with Crippen molar-refractivity contribution in [2.24, 2.45) is 0 Å². The van der Waals surface area contributed by atoms with Crippen LogP contribution in [0, 0.1) is 22.7 Å². The molecule has 3 aromatic carbocycles. The van der Waals surface area contributed by atoms with Crippen LogP contribution in [0.1, 0.15) is 5.56 Å². The number of anilines is 3. The normalized spacial score (nSPS) is 13.0. The molecule has 0 N–H and O–H groups in total. The summed E-state index contributed by atoms with van der Waals surface area (Å²) in [4.78, 5) is 2.10. The maximum absolute atomic E-state index is 9.08. The Balaban J connectivity index is 1.66. The Labute approximate surface area is 159 Å². The Bertz CT molecular complexity index is 1240. The third-order valence-corrected chi connectivity index (χ3v) is 4.87. The summed E-state index contributed by atoms with van der Waals surface area (Å²) < 4.78 is 18.4. The zero-order chi connectivity index (χ0) is 18.8. The number of hydrogen-bond donors (Lipinski definition) is 0. The molecule has 28 heavy (non-hydrogen) atoms. The zero-order valence-corrected chi connectivity index (χ0v) is 14.3. The van der Waals surface area contributed by atoms with Gasteiger partial charge in [-0.15, -0.1) is 0 Å². The van der Waals surface area contributed by atoms with Crippen LogP contribution in [-0.2, 0) is 0 Å². The van der Waals surface area contributed by atoms with Crippen molar-refractivity contribution in [1.82, 2.24) is 0 Å². The van der Waals surface area contributed by atoms with Gasteiger partial charge in [-0.1, -0.05) is 12.1 Å². The Hall–Kier alpha value is -4.42. The second kappa shape index (κ2) is 5.06. The molecule has 0 bridgehead atoms. The Morgan fingerprint density at radius 3 is 1.61 bits per heavy atom. The van der Waals surface area contributed by atoms with Crippen LogP contribution in [0.3, 0.4) is 0 Å². The van der Waals surface area contributed by atoms with Gasteiger partial charge in [-0.2, -0.15) is 10.5 Å². The van der Waals surface area contributed by atoms with Crippen LogP contribution in [0.4, 0.5) is 17.1 Å². The first kappa shape index (κ1) is 14.7. The molecule has 3 heterocycles. The van der Waals surface area contributed by atoms with Gasteiger partial charge in [0.2, 0.25) is 0 Å². The third-order valence-electron chi connectivity index (χ3n) is 4.87. The van der Waals surface area contributed by atoms with E-state index in [0.717, 1.165) is 17.1 Å². The predicted octanol–water partition coefficient (Wildman–Crippen LogP) is 5.90. The molecule has 0 radical (unpaired) electrons. The molecule has 0 atom stereocenters. The topological polar surface area (TPSA) is 78.5 Å². The van der Waals surface area contributed by atoms with E-state index < -0.39 is 0 Å². The number of nitrogens with zero attached hydrogens (tertiary/aromatic N) is 3. The largest absolute Gasteiger partial charge is 0.453 e. The maximum atomic E-state index is 9.08. The lowest BCUT2D eigenvalue weighted by atomic mass is 10.0. The molecule has 3 aliphatic heterocycles. The second-order valence-electron chi connectivity index (χ2n) is 6.49. The van der Waals surface area contributed by atoms with Crippen LogP contribution in [-0.4, -0.2) is 0 Å². The molecule has 0 spiro atoms. The number of para-hydroxylation sites is 2. The molecule has 0 fully saturated rings. The molecular formula is C22H9N3O3. The van der Waals surface area contributed by atoms with Crippen LogP contribution in [0.2, 0.25) is 0 Å². The minimum absolute atomic E-state index is 0.00974. The van der Waals surface area contributed by atoms with Crippen LogP contribution in [0.25, 0.3) is 6.08 Å². The Morgan fingerprint density at radius 1 is 0.714 bits per heavy atom. The highest BCUT2D eigenvalue weighted by Crippen LogP contribution is 2.66. The van der Waals surface area contributed by atoms with Crippen molar-refractivity contribution in [3.63, 3.8) is 0 Å². The van der Waals surface area contributed by atoms with E-state index in [1.165, 1.54) is 6.08 Å². The highest BCUT2D eigenvalue weighted by molar-refractivity contribution is 5.99. The first-order chi connectivity index (χ1) is 13.8. The first-order valence-corrected chi connectivity index (χ1v) is 8.56. The number of nitriles is 2. The van der Waals surface area contributed by atoms with Crippen molar-refractivity contribution in [2.75, 3.05) is 4.90 Å². The van der Waals surface area contributed by atoms with E-state index in [1.54, 1.807) is 12.1 Å². The number of hydrogen-bond acceptors (Lipinski definition) is 6. The van der Waals surface area contributed by atoms with E-state index in [1.807, 2.05) is 48.5 Å². The van der Waals surface area contributed by atoms with Crippen LogP contribution < -0.4 is 19.1 Å². The summed E-state index contributed by atoms with van der Waals surface area (Å²) in [5.41, 5.74) is 3.10. The van der Waals surface area contributed by atoms with Crippen molar-refractivity contribution in [1.29, 1.82) is 10.5 Å². The molecule has 6 heteroatoms. The summed E-state index contributed by atoms with van der Waals surface area (Å²) in [6, 6.07) is 18.7. The molecule has 6 rings (SSSR count). The molecule has 0 saturated carbocycles. The van der Waals surface area contributed by atoms with Gasteiger partial charge >= 0.3 is 0 Å². The van der Waals surface area contributed by atoms with Gasteiger partial charge < -0.3 is 14.2 Å². The van der Waals surface area contributed by atoms with Gasteiger partial charge in [0.05, 0.1) is 0 Å². The van der Waals surface area contributed by atoms with E-state index in [4.69, 9.17) is 24.7 Å². The fourth-order valence-corrected chi connectivity index (χ4v) is 3.78. The third kappa shape index (κ3) is 1.78. The minimum Gasteiger partial charge on any atom is -0.453 e. The summed E-state index contributed by atoms with van der Waals surface area (Å²) in [6.45, 7) is 0. The molecule has 3 aliphatic rings. The summed E-state index contributed by atoms with van der Waals surface area (Å²) in [6.07, 6.45) is 1.51. The van der Waals surface area contributed by atoms with Gasteiger partial charge in [0.1, 0.15) is 34.8 Å². The van der Waals surface area contributed by atoms with Gasteiger partial charge in [-0.05, 0) is 48.0 Å². The highest BCUT2D eigenvalue weighted by Gasteiger charge is 2.41. The van der Waals surface area contributed by atoms with E-state index in [9.17, 15) is 0 Å². The number of benzene rings is 3. The quantitative estimate of drug-likeness (QED) is 0.338. The minimum atomic E-state index is 0.00974. The lowest BCUT2D eigenvalue weighted by molar-refractivity contribution is 0.418. The highest BCUT2D eigenvalue weighted by atomic mass is 16.5. The fraction of sp³-hybridized carbons (Fsp3) is 0. The molecule has 0 amide bonds. The molecule has 0 aliphatic carbocycles. The number of ether oxygens (including phenoxy) is 3. The van der Waals surface area contributed by atoms with Crippen molar-refractivity contribution in [3.05, 3.63) is 59.7 Å². The monoisotopic (exact) mass is 363 g/mol. The number of rotatable bonds is 1. The summed E-state index contributed by atoms with van der Waals surface area (Å²) in [5.74, 6) is 3.93. The van der Waals surface area contributed by atoms with Crippen LogP contribution >= 0.6 is 0 Å². The van der Waals surface area contributed by atoms with E-state index in [2.05, 4.69) is 4.90 Å². The van der Waals surface area contributed by atoms with E-state index in [-0.39, 0.29) is 5.57 Å². The SMILES string of the molecule is N#CC(C#N)=Cc1cc2c3c(c1)Oc1cccc4c1N3c1c(cccc1O2)O4. The summed E-state index contributed by atoms with van der Waals surface area (Å²) >= 11 is 0. The fourth-order valence-electron chi connectivity index (χ4n) is 3.78. The van der Waals surface area contributed by atoms with Gasteiger partial charge in [-0.3, -0.25) is 4.90 Å². The van der Waals surface area contributed by atoms with Crippen LogP contribution in [0.5, 0.6) is 34.5 Å². The van der Waals surface area contributed by atoms with Gasteiger partial charge in [0.15, 0.2) is 34.5 Å². The molecule has 0 aromatic heterocycles. The van der Waals surface area contributed by atoms with Gasteiger partial charge in [-0.25, -0.2) is 0 Å². The second-order valence-corrected chi connectivity index (χ2v) is 6.49. The smallest absolute Gasteiger partial charge is 0.156 e. The molecule has 0 unspecified atom stereocenters. The molecular weight excluding hydrogens is 354 g/mol. The Kier molecular flexibility index (Phi) is 2.66. The molecule has 0 saturated heterocycles. The van der Waals surface area contributed by atoms with E-state index in [0.29, 0.717) is 40.1 Å². The standard InChI is InChI=1S/C22H9N3O3/c23-10-13(11-24)7-12-8-18-22-19(9-12)28-17-6-2-4-15-21(17)25(22)20-14(26-15)3-1-5-16(20)27-18/h1-9H. The molecule has 130 valence electrons. The van der Waals surface area contributed by atoms with Crippen molar-refractivity contribution >= 4 is 23.1 Å². The van der Waals surface area contributed by atoms with Gasteiger partial charge in [0, 0.05) is 0 Å². The van der Waals surface area contributed by atoms with Crippen molar-refractivity contribution in [2.45, 2.75) is 0 Å². The van der Waals surface area contributed by atoms with E-state index >= 15 is 0 Å². The molecule has 3 aromatic rings. The maximum Gasteiger partial charge on any atom is 0.156 e.